The van der Waals surface area contributed by atoms with Crippen LogP contribution >= 0.6 is 11.3 Å². The standard InChI is InChI=1S/C7H11N3OS/c1-4-10-5(3-11-2)6(12-4)7(8)9/h3H2,1-2H3,(H3,8,9). The zero-order valence-corrected chi connectivity index (χ0v) is 7.86. The van der Waals surface area contributed by atoms with E-state index in [0.717, 1.165) is 10.7 Å². The lowest BCUT2D eigenvalue weighted by atomic mass is 10.3. The van der Waals surface area contributed by atoms with Crippen LogP contribution in [-0.4, -0.2) is 17.9 Å². The highest BCUT2D eigenvalue weighted by molar-refractivity contribution is 7.13. The van der Waals surface area contributed by atoms with Crippen LogP contribution in [0.3, 0.4) is 0 Å². The van der Waals surface area contributed by atoms with Crippen LogP contribution in [0, 0.1) is 12.3 Å². The Bertz CT molecular complexity index is 295. The Kier molecular flexibility index (Phi) is 2.78. The molecule has 0 aromatic carbocycles. The van der Waals surface area contributed by atoms with E-state index in [1.807, 2.05) is 6.92 Å². The number of aromatic nitrogens is 1. The van der Waals surface area contributed by atoms with Crippen LogP contribution in [0.1, 0.15) is 15.6 Å². The average Bonchev–Trinajstić information content (AvgIpc) is 2.32. The summed E-state index contributed by atoms with van der Waals surface area (Å²) >= 11 is 1.42. The molecule has 5 heteroatoms. The van der Waals surface area contributed by atoms with Crippen LogP contribution in [0.4, 0.5) is 0 Å². The van der Waals surface area contributed by atoms with Crippen LogP contribution < -0.4 is 5.73 Å². The third-order valence-corrected chi connectivity index (χ3v) is 2.38. The van der Waals surface area contributed by atoms with Gasteiger partial charge in [-0.1, -0.05) is 0 Å². The summed E-state index contributed by atoms with van der Waals surface area (Å²) in [6.45, 7) is 2.30. The van der Waals surface area contributed by atoms with Crippen LogP contribution in [0.5, 0.6) is 0 Å². The van der Waals surface area contributed by atoms with Gasteiger partial charge in [-0.3, -0.25) is 5.41 Å². The van der Waals surface area contributed by atoms with Gasteiger partial charge in [0, 0.05) is 7.11 Å². The van der Waals surface area contributed by atoms with Crippen molar-refractivity contribution in [3.05, 3.63) is 15.6 Å². The molecule has 1 aromatic rings. The van der Waals surface area contributed by atoms with Crippen molar-refractivity contribution in [3.63, 3.8) is 0 Å². The minimum absolute atomic E-state index is 0.0626. The molecule has 0 saturated heterocycles. The minimum Gasteiger partial charge on any atom is -0.383 e. The van der Waals surface area contributed by atoms with Crippen molar-refractivity contribution in [1.29, 1.82) is 5.41 Å². The van der Waals surface area contributed by atoms with Gasteiger partial charge < -0.3 is 10.5 Å². The number of aryl methyl sites for hydroxylation is 1. The number of ether oxygens (including phenoxy) is 1. The molecule has 0 aliphatic heterocycles. The number of amidine groups is 1. The summed E-state index contributed by atoms with van der Waals surface area (Å²) in [4.78, 5) is 4.91. The smallest absolute Gasteiger partial charge is 0.135 e. The number of rotatable bonds is 3. The molecule has 66 valence electrons. The Labute approximate surface area is 74.9 Å². The summed E-state index contributed by atoms with van der Waals surface area (Å²) < 4.78 is 4.92. The quantitative estimate of drug-likeness (QED) is 0.542. The van der Waals surface area contributed by atoms with Crippen molar-refractivity contribution in [3.8, 4) is 0 Å². The van der Waals surface area contributed by atoms with Gasteiger partial charge in [0.25, 0.3) is 0 Å². The van der Waals surface area contributed by atoms with E-state index in [9.17, 15) is 0 Å². The molecule has 1 heterocycles. The summed E-state index contributed by atoms with van der Waals surface area (Å²) in [7, 11) is 1.60. The Hall–Kier alpha value is -0.940. The Morgan fingerprint density at radius 3 is 2.92 bits per heavy atom. The van der Waals surface area contributed by atoms with E-state index in [4.69, 9.17) is 15.9 Å². The van der Waals surface area contributed by atoms with Gasteiger partial charge in [0.2, 0.25) is 0 Å². The summed E-state index contributed by atoms with van der Waals surface area (Å²) in [5, 5.41) is 8.17. The van der Waals surface area contributed by atoms with Crippen molar-refractivity contribution in [2.24, 2.45) is 5.73 Å². The van der Waals surface area contributed by atoms with E-state index in [2.05, 4.69) is 4.98 Å². The van der Waals surface area contributed by atoms with Gasteiger partial charge in [0.15, 0.2) is 0 Å². The summed E-state index contributed by atoms with van der Waals surface area (Å²) in [6, 6.07) is 0. The zero-order valence-electron chi connectivity index (χ0n) is 7.05. The number of nitrogen functional groups attached to an aromatic ring is 1. The molecule has 12 heavy (non-hydrogen) atoms. The van der Waals surface area contributed by atoms with Gasteiger partial charge in [0.05, 0.1) is 22.2 Å². The van der Waals surface area contributed by atoms with Crippen LogP contribution in [0.15, 0.2) is 0 Å². The first-order valence-electron chi connectivity index (χ1n) is 3.44. The van der Waals surface area contributed by atoms with Gasteiger partial charge in [-0.15, -0.1) is 11.3 Å². The molecule has 0 unspecified atom stereocenters. The maximum Gasteiger partial charge on any atom is 0.135 e. The normalized spacial score (nSPS) is 10.2. The van der Waals surface area contributed by atoms with Crippen molar-refractivity contribution in [2.75, 3.05) is 7.11 Å². The van der Waals surface area contributed by atoms with Crippen LogP contribution in [0.2, 0.25) is 0 Å². The second-order valence-electron chi connectivity index (χ2n) is 2.36. The lowest BCUT2D eigenvalue weighted by molar-refractivity contribution is 0.182. The highest BCUT2D eigenvalue weighted by Crippen LogP contribution is 2.17. The first-order chi connectivity index (χ1) is 5.65. The second kappa shape index (κ2) is 3.64. The molecule has 0 aliphatic carbocycles. The van der Waals surface area contributed by atoms with Crippen LogP contribution in [-0.2, 0) is 11.3 Å². The van der Waals surface area contributed by atoms with Gasteiger partial charge in [0.1, 0.15) is 5.84 Å². The largest absolute Gasteiger partial charge is 0.383 e. The highest BCUT2D eigenvalue weighted by atomic mass is 32.1. The van der Waals surface area contributed by atoms with Crippen molar-refractivity contribution < 1.29 is 4.74 Å². The Morgan fingerprint density at radius 2 is 2.42 bits per heavy atom. The monoisotopic (exact) mass is 185 g/mol. The van der Waals surface area contributed by atoms with Gasteiger partial charge in [-0.25, -0.2) is 4.98 Å². The molecule has 1 rings (SSSR count). The summed E-state index contributed by atoms with van der Waals surface area (Å²) in [5.41, 5.74) is 6.11. The highest BCUT2D eigenvalue weighted by Gasteiger charge is 2.10. The maximum absolute atomic E-state index is 7.26. The molecule has 0 fully saturated rings. The summed E-state index contributed by atoms with van der Waals surface area (Å²) in [5.74, 6) is 0.0626. The fourth-order valence-electron chi connectivity index (χ4n) is 0.915. The Balaban J connectivity index is 2.99. The van der Waals surface area contributed by atoms with E-state index in [1.165, 1.54) is 11.3 Å². The number of hydrogen-bond donors (Lipinski definition) is 2. The Morgan fingerprint density at radius 1 is 1.75 bits per heavy atom. The molecule has 0 radical (unpaired) electrons. The first kappa shape index (κ1) is 9.15. The summed E-state index contributed by atoms with van der Waals surface area (Å²) in [6.07, 6.45) is 0. The van der Waals surface area contributed by atoms with E-state index in [0.29, 0.717) is 11.5 Å². The number of nitrogens with zero attached hydrogens (tertiary/aromatic N) is 1. The fraction of sp³-hybridized carbons (Fsp3) is 0.429. The molecule has 0 saturated carbocycles. The average molecular weight is 185 g/mol. The molecule has 0 amide bonds. The molecule has 0 aliphatic rings. The molecule has 0 atom stereocenters. The molecule has 0 bridgehead atoms. The molecule has 0 spiro atoms. The van der Waals surface area contributed by atoms with Crippen molar-refractivity contribution in [2.45, 2.75) is 13.5 Å². The molecular formula is C7H11N3OS. The van der Waals surface area contributed by atoms with Crippen LogP contribution in [0.25, 0.3) is 0 Å². The number of hydrogen-bond acceptors (Lipinski definition) is 4. The lowest BCUT2D eigenvalue weighted by Gasteiger charge is -1.97. The number of methoxy groups -OCH3 is 1. The second-order valence-corrected chi connectivity index (χ2v) is 3.56. The lowest BCUT2D eigenvalue weighted by Crippen LogP contribution is -2.11. The van der Waals surface area contributed by atoms with Crippen molar-refractivity contribution >= 4 is 17.2 Å². The van der Waals surface area contributed by atoms with E-state index in [1.54, 1.807) is 7.11 Å². The third kappa shape index (κ3) is 1.80. The van der Waals surface area contributed by atoms with E-state index in [-0.39, 0.29) is 5.84 Å². The molecular weight excluding hydrogens is 174 g/mol. The maximum atomic E-state index is 7.26. The minimum atomic E-state index is 0.0626. The zero-order chi connectivity index (χ0) is 9.14. The molecule has 1 aromatic heterocycles. The topological polar surface area (TPSA) is 72.0 Å². The predicted molar refractivity (Wildman–Crippen MR) is 48.6 cm³/mol. The van der Waals surface area contributed by atoms with Gasteiger partial charge in [-0.05, 0) is 6.92 Å². The SMILES string of the molecule is COCc1nc(C)sc1C(=N)N. The fourth-order valence-corrected chi connectivity index (χ4v) is 1.70. The van der Waals surface area contributed by atoms with Gasteiger partial charge in [-0.2, -0.15) is 0 Å². The molecule has 4 nitrogen and oxygen atoms in total. The number of nitrogens with one attached hydrogen (secondary N) is 1. The van der Waals surface area contributed by atoms with E-state index < -0.39 is 0 Å². The first-order valence-corrected chi connectivity index (χ1v) is 4.26. The molecule has 3 N–H and O–H groups in total. The number of thiazole rings is 1. The number of nitrogens with two attached hydrogens (primary N) is 1. The van der Waals surface area contributed by atoms with E-state index >= 15 is 0 Å². The van der Waals surface area contributed by atoms with Crippen molar-refractivity contribution in [1.82, 2.24) is 4.98 Å². The van der Waals surface area contributed by atoms with Gasteiger partial charge >= 0.3 is 0 Å². The third-order valence-electron chi connectivity index (χ3n) is 1.33. The predicted octanol–water partition coefficient (Wildman–Crippen LogP) is 0.882.